The molecule has 1 fully saturated rings. The van der Waals surface area contributed by atoms with Gasteiger partial charge in [0.15, 0.2) is 0 Å². The van der Waals surface area contributed by atoms with Crippen LogP contribution < -0.4 is 10.1 Å². The molecule has 20 heavy (non-hydrogen) atoms. The van der Waals surface area contributed by atoms with Crippen molar-refractivity contribution >= 4 is 40.6 Å². The van der Waals surface area contributed by atoms with Gasteiger partial charge in [-0.25, -0.2) is 4.98 Å². The second-order valence-electron chi connectivity index (χ2n) is 3.59. The van der Waals surface area contributed by atoms with Gasteiger partial charge in [-0.2, -0.15) is 4.98 Å². The zero-order chi connectivity index (χ0) is 14.5. The molecule has 0 spiro atoms. The van der Waals surface area contributed by atoms with Crippen molar-refractivity contribution in [3.63, 3.8) is 0 Å². The number of nitrogens with zero attached hydrogens (tertiary/aromatic N) is 2. The summed E-state index contributed by atoms with van der Waals surface area (Å²) < 4.78 is 10.2. The highest BCUT2D eigenvalue weighted by Gasteiger charge is 2.25. The summed E-state index contributed by atoms with van der Waals surface area (Å²) in [6.07, 6.45) is 1.45. The number of amides is 2. The number of carbonyl (C=O) groups excluding carboxylic acids is 2. The molecule has 0 aromatic carbocycles. The van der Waals surface area contributed by atoms with E-state index in [1.807, 2.05) is 0 Å². The molecule has 0 saturated carbocycles. The molecule has 7 nitrogen and oxygen atoms in total. The summed E-state index contributed by atoms with van der Waals surface area (Å²) in [4.78, 5) is 30.6. The minimum absolute atomic E-state index is 0.0125. The Hall–Kier alpha value is -1.64. The highest BCUT2D eigenvalue weighted by Crippen LogP contribution is 2.26. The standard InChI is InChI=1S/C11H10ClN3O4S/c1-18-2-3-19-8-5-6(13-10(12)14-8)4-7-9(16)15-11(17)20-7/h4-5H,2-3H2,1H3,(H,15,16,17). The number of hydrogen-bond acceptors (Lipinski definition) is 7. The van der Waals surface area contributed by atoms with Gasteiger partial charge in [0.1, 0.15) is 6.61 Å². The molecule has 9 heteroatoms. The Bertz CT molecular complexity index is 579. The predicted molar refractivity (Wildman–Crippen MR) is 73.5 cm³/mol. The molecule has 1 saturated heterocycles. The summed E-state index contributed by atoms with van der Waals surface area (Å²) in [5.74, 6) is -0.194. The number of halogens is 1. The zero-order valence-electron chi connectivity index (χ0n) is 10.4. The second-order valence-corrected chi connectivity index (χ2v) is 4.95. The molecule has 0 radical (unpaired) electrons. The third-order valence-electron chi connectivity index (χ3n) is 2.15. The van der Waals surface area contributed by atoms with E-state index in [-0.39, 0.29) is 16.1 Å². The molecule has 1 aliphatic heterocycles. The number of imide groups is 1. The zero-order valence-corrected chi connectivity index (χ0v) is 12.0. The van der Waals surface area contributed by atoms with E-state index in [0.29, 0.717) is 18.9 Å². The number of carbonyl (C=O) groups is 2. The van der Waals surface area contributed by atoms with Gasteiger partial charge in [0.25, 0.3) is 11.1 Å². The first-order valence-electron chi connectivity index (χ1n) is 5.49. The van der Waals surface area contributed by atoms with E-state index in [4.69, 9.17) is 21.1 Å². The lowest BCUT2D eigenvalue weighted by molar-refractivity contribution is -0.115. The van der Waals surface area contributed by atoms with Gasteiger partial charge in [0.05, 0.1) is 17.2 Å². The molecule has 1 aromatic rings. The Balaban J connectivity index is 2.17. The van der Waals surface area contributed by atoms with Gasteiger partial charge in [0.2, 0.25) is 11.2 Å². The van der Waals surface area contributed by atoms with Gasteiger partial charge in [-0.1, -0.05) is 0 Å². The number of methoxy groups -OCH3 is 1. The largest absolute Gasteiger partial charge is 0.475 e. The van der Waals surface area contributed by atoms with E-state index in [1.54, 1.807) is 7.11 Å². The van der Waals surface area contributed by atoms with Crippen LogP contribution in [-0.2, 0) is 9.53 Å². The average Bonchev–Trinajstić information content (AvgIpc) is 2.67. The predicted octanol–water partition coefficient (Wildman–Crippen LogP) is 1.48. The van der Waals surface area contributed by atoms with Crippen LogP contribution in [0.4, 0.5) is 4.79 Å². The van der Waals surface area contributed by atoms with E-state index < -0.39 is 11.1 Å². The lowest BCUT2D eigenvalue weighted by atomic mass is 10.3. The number of aromatic nitrogens is 2. The number of hydrogen-bond donors (Lipinski definition) is 1. The first kappa shape index (κ1) is 14.8. The molecule has 2 rings (SSSR count). The van der Waals surface area contributed by atoms with E-state index in [0.717, 1.165) is 11.8 Å². The van der Waals surface area contributed by atoms with E-state index >= 15 is 0 Å². The lowest BCUT2D eigenvalue weighted by Crippen LogP contribution is -2.17. The summed E-state index contributed by atoms with van der Waals surface area (Å²) in [6.45, 7) is 0.721. The van der Waals surface area contributed by atoms with Crippen LogP contribution in [0.25, 0.3) is 6.08 Å². The van der Waals surface area contributed by atoms with Crippen molar-refractivity contribution in [2.45, 2.75) is 0 Å². The van der Waals surface area contributed by atoms with Crippen LogP contribution in [-0.4, -0.2) is 41.4 Å². The number of rotatable bonds is 5. The van der Waals surface area contributed by atoms with Gasteiger partial charge < -0.3 is 9.47 Å². The third-order valence-corrected chi connectivity index (χ3v) is 3.13. The van der Waals surface area contributed by atoms with Crippen molar-refractivity contribution in [1.82, 2.24) is 15.3 Å². The highest BCUT2D eigenvalue weighted by molar-refractivity contribution is 8.18. The minimum atomic E-state index is -0.461. The Morgan fingerprint density at radius 1 is 1.40 bits per heavy atom. The minimum Gasteiger partial charge on any atom is -0.475 e. The van der Waals surface area contributed by atoms with Crippen molar-refractivity contribution in [2.24, 2.45) is 0 Å². The van der Waals surface area contributed by atoms with Crippen LogP contribution >= 0.6 is 23.4 Å². The molecule has 1 N–H and O–H groups in total. The topological polar surface area (TPSA) is 90.4 Å². The maximum atomic E-state index is 11.4. The Kier molecular flexibility index (Phi) is 4.94. The van der Waals surface area contributed by atoms with Crippen LogP contribution in [0.2, 0.25) is 5.28 Å². The van der Waals surface area contributed by atoms with E-state index in [9.17, 15) is 9.59 Å². The molecule has 0 aliphatic carbocycles. The third kappa shape index (κ3) is 3.92. The lowest BCUT2D eigenvalue weighted by Gasteiger charge is -2.05. The molecule has 0 unspecified atom stereocenters. The molecule has 106 valence electrons. The van der Waals surface area contributed by atoms with Crippen molar-refractivity contribution in [3.8, 4) is 5.88 Å². The molecular formula is C11H10ClN3O4S. The van der Waals surface area contributed by atoms with E-state index in [2.05, 4.69) is 15.3 Å². The van der Waals surface area contributed by atoms with Crippen LogP contribution in [0.5, 0.6) is 5.88 Å². The summed E-state index contributed by atoms with van der Waals surface area (Å²) in [7, 11) is 1.55. The second kappa shape index (κ2) is 6.69. The molecule has 2 amide bonds. The molecule has 1 aliphatic rings. The molecule has 0 bridgehead atoms. The van der Waals surface area contributed by atoms with Gasteiger partial charge in [-0.3, -0.25) is 14.9 Å². The normalized spacial score (nSPS) is 16.6. The Labute approximate surface area is 123 Å². The van der Waals surface area contributed by atoms with E-state index in [1.165, 1.54) is 12.1 Å². The summed E-state index contributed by atoms with van der Waals surface area (Å²) in [5, 5.41) is 1.72. The fourth-order valence-corrected chi connectivity index (χ4v) is 2.19. The van der Waals surface area contributed by atoms with Gasteiger partial charge in [-0.05, 0) is 29.4 Å². The first-order valence-corrected chi connectivity index (χ1v) is 6.69. The SMILES string of the molecule is COCCOc1cc(C=C2SC(=O)NC2=O)nc(Cl)n1. The molecule has 1 aromatic heterocycles. The maximum Gasteiger partial charge on any atom is 0.290 e. The monoisotopic (exact) mass is 315 g/mol. The highest BCUT2D eigenvalue weighted by atomic mass is 35.5. The molecule has 2 heterocycles. The Morgan fingerprint density at radius 3 is 2.85 bits per heavy atom. The maximum absolute atomic E-state index is 11.4. The number of nitrogens with one attached hydrogen (secondary N) is 1. The van der Waals surface area contributed by atoms with Crippen LogP contribution in [0, 0.1) is 0 Å². The fourth-order valence-electron chi connectivity index (χ4n) is 1.35. The number of ether oxygens (including phenoxy) is 2. The summed E-state index contributed by atoms with van der Waals surface area (Å²) in [6, 6.07) is 1.52. The summed E-state index contributed by atoms with van der Waals surface area (Å²) >= 11 is 6.58. The first-order chi connectivity index (χ1) is 9.58. The smallest absolute Gasteiger partial charge is 0.290 e. The van der Waals surface area contributed by atoms with Gasteiger partial charge >= 0.3 is 0 Å². The number of thioether (sulfide) groups is 1. The fraction of sp³-hybridized carbons (Fsp3) is 0.273. The van der Waals surface area contributed by atoms with Crippen molar-refractivity contribution < 1.29 is 19.1 Å². The Morgan fingerprint density at radius 2 is 2.20 bits per heavy atom. The van der Waals surface area contributed by atoms with Crippen molar-refractivity contribution in [2.75, 3.05) is 20.3 Å². The van der Waals surface area contributed by atoms with Crippen molar-refractivity contribution in [3.05, 3.63) is 21.9 Å². The molecular weight excluding hydrogens is 306 g/mol. The average molecular weight is 316 g/mol. The van der Waals surface area contributed by atoms with Crippen molar-refractivity contribution in [1.29, 1.82) is 0 Å². The quantitative estimate of drug-likeness (QED) is 0.500. The van der Waals surface area contributed by atoms with Gasteiger partial charge in [0, 0.05) is 13.2 Å². The van der Waals surface area contributed by atoms with Crippen LogP contribution in [0.15, 0.2) is 11.0 Å². The van der Waals surface area contributed by atoms with Crippen LogP contribution in [0.1, 0.15) is 5.69 Å². The molecule has 0 atom stereocenters. The van der Waals surface area contributed by atoms with Crippen LogP contribution in [0.3, 0.4) is 0 Å². The van der Waals surface area contributed by atoms with Gasteiger partial charge in [-0.15, -0.1) is 0 Å². The summed E-state index contributed by atoms with van der Waals surface area (Å²) in [5.41, 5.74) is 0.379.